The van der Waals surface area contributed by atoms with Crippen molar-refractivity contribution in [3.63, 3.8) is 0 Å². The molecular formula is C18H32. The summed E-state index contributed by atoms with van der Waals surface area (Å²) in [5, 5.41) is 0. The standard InChI is InChI=1S/C12H18.2C2H6.C2H2/c1-4-6-12-8-7-10(3)9-11(12)5-2;3*1-2/h7-9H,4-6H2,1-3H3;2*1-2H3;1-2H. The fraction of sp³-hybridized carbons (Fsp3) is 0.556. The number of terminal acetylenes is 1. The van der Waals surface area contributed by atoms with Gasteiger partial charge in [0.1, 0.15) is 0 Å². The van der Waals surface area contributed by atoms with Gasteiger partial charge in [-0.05, 0) is 30.9 Å². The van der Waals surface area contributed by atoms with E-state index in [-0.39, 0.29) is 0 Å². The van der Waals surface area contributed by atoms with Crippen LogP contribution in [0, 0.1) is 19.8 Å². The minimum Gasteiger partial charge on any atom is -0.124 e. The summed E-state index contributed by atoms with van der Waals surface area (Å²) in [5.41, 5.74) is 4.44. The lowest BCUT2D eigenvalue weighted by atomic mass is 9.99. The van der Waals surface area contributed by atoms with E-state index in [4.69, 9.17) is 0 Å². The molecule has 1 rings (SSSR count). The van der Waals surface area contributed by atoms with Gasteiger partial charge in [0.15, 0.2) is 0 Å². The third-order valence-electron chi connectivity index (χ3n) is 2.26. The molecule has 1 aromatic rings. The lowest BCUT2D eigenvalue weighted by molar-refractivity contribution is 0.898. The first-order valence-corrected chi connectivity index (χ1v) is 7.19. The van der Waals surface area contributed by atoms with E-state index in [2.05, 4.69) is 51.8 Å². The molecule has 0 bridgehead atoms. The van der Waals surface area contributed by atoms with Crippen LogP contribution in [0.3, 0.4) is 0 Å². The molecule has 0 radical (unpaired) electrons. The monoisotopic (exact) mass is 248 g/mol. The van der Waals surface area contributed by atoms with Crippen LogP contribution >= 0.6 is 0 Å². The second-order valence-electron chi connectivity index (χ2n) is 3.38. The Hall–Kier alpha value is -1.22. The average molecular weight is 248 g/mol. The van der Waals surface area contributed by atoms with Crippen LogP contribution in [0.2, 0.25) is 0 Å². The lowest BCUT2D eigenvalue weighted by Crippen LogP contribution is -1.92. The summed E-state index contributed by atoms with van der Waals surface area (Å²) in [7, 11) is 0. The third kappa shape index (κ3) is 9.97. The van der Waals surface area contributed by atoms with Gasteiger partial charge in [0.05, 0.1) is 0 Å². The zero-order valence-electron chi connectivity index (χ0n) is 13.5. The quantitative estimate of drug-likeness (QED) is 0.592. The summed E-state index contributed by atoms with van der Waals surface area (Å²) in [5.74, 6) is 0. The zero-order valence-corrected chi connectivity index (χ0v) is 13.5. The molecule has 0 aromatic heterocycles. The largest absolute Gasteiger partial charge is 0.124 e. The van der Waals surface area contributed by atoms with Gasteiger partial charge in [-0.25, -0.2) is 0 Å². The highest BCUT2D eigenvalue weighted by atomic mass is 14.0. The summed E-state index contributed by atoms with van der Waals surface area (Å²) in [6.07, 6.45) is 11.6. The molecule has 0 aliphatic rings. The van der Waals surface area contributed by atoms with E-state index in [0.717, 1.165) is 6.42 Å². The van der Waals surface area contributed by atoms with E-state index >= 15 is 0 Å². The fourth-order valence-electron chi connectivity index (χ4n) is 1.60. The van der Waals surface area contributed by atoms with Crippen LogP contribution in [-0.4, -0.2) is 0 Å². The Morgan fingerprint density at radius 1 is 0.889 bits per heavy atom. The summed E-state index contributed by atoms with van der Waals surface area (Å²) < 4.78 is 0. The first kappa shape index (κ1) is 22.0. The average Bonchev–Trinajstić information content (AvgIpc) is 2.47. The van der Waals surface area contributed by atoms with Gasteiger partial charge in [0.2, 0.25) is 0 Å². The Kier molecular flexibility index (Phi) is 22.2. The maximum absolute atomic E-state index is 4.00. The van der Waals surface area contributed by atoms with E-state index in [0.29, 0.717) is 0 Å². The fourth-order valence-corrected chi connectivity index (χ4v) is 1.60. The van der Waals surface area contributed by atoms with Gasteiger partial charge < -0.3 is 0 Å². The molecule has 1 aromatic carbocycles. The topological polar surface area (TPSA) is 0 Å². The summed E-state index contributed by atoms with van der Waals surface area (Å²) in [6, 6.07) is 6.80. The molecule has 0 N–H and O–H groups in total. The number of aryl methyl sites for hydroxylation is 3. The smallest absolute Gasteiger partial charge is 0.0279 e. The van der Waals surface area contributed by atoms with Crippen molar-refractivity contribution in [2.75, 3.05) is 0 Å². The van der Waals surface area contributed by atoms with Crippen LogP contribution in [0.15, 0.2) is 18.2 Å². The van der Waals surface area contributed by atoms with Crippen molar-refractivity contribution in [1.29, 1.82) is 0 Å². The predicted molar refractivity (Wildman–Crippen MR) is 87.1 cm³/mol. The first-order valence-electron chi connectivity index (χ1n) is 7.19. The van der Waals surface area contributed by atoms with Gasteiger partial charge in [-0.2, -0.15) is 0 Å². The molecule has 0 heteroatoms. The lowest BCUT2D eigenvalue weighted by Gasteiger charge is -2.07. The normalized spacial score (nSPS) is 7.61. The van der Waals surface area contributed by atoms with Crippen LogP contribution in [0.1, 0.15) is 64.7 Å². The Morgan fingerprint density at radius 3 is 1.78 bits per heavy atom. The van der Waals surface area contributed by atoms with Gasteiger partial charge in [0.25, 0.3) is 0 Å². The Balaban J connectivity index is -0.000000328. The van der Waals surface area contributed by atoms with Gasteiger partial charge >= 0.3 is 0 Å². The molecule has 0 atom stereocenters. The highest BCUT2D eigenvalue weighted by Crippen LogP contribution is 2.14. The van der Waals surface area contributed by atoms with Crippen LogP contribution in [0.4, 0.5) is 0 Å². The van der Waals surface area contributed by atoms with Crippen molar-refractivity contribution in [1.82, 2.24) is 0 Å². The molecule has 0 unspecified atom stereocenters. The molecule has 0 heterocycles. The second-order valence-corrected chi connectivity index (χ2v) is 3.38. The second kappa shape index (κ2) is 18.2. The number of benzene rings is 1. The molecule has 0 saturated heterocycles. The van der Waals surface area contributed by atoms with Crippen molar-refractivity contribution in [2.24, 2.45) is 0 Å². The van der Waals surface area contributed by atoms with Crippen molar-refractivity contribution in [3.05, 3.63) is 34.9 Å². The van der Waals surface area contributed by atoms with E-state index in [1.165, 1.54) is 29.5 Å². The predicted octanol–water partition coefficient (Wildman–Crippen LogP) is 5.81. The SMILES string of the molecule is C#C.CC.CC.CCCc1ccc(C)cc1CC. The minimum absolute atomic E-state index is 1.16. The molecule has 0 spiro atoms. The van der Waals surface area contributed by atoms with Crippen molar-refractivity contribution < 1.29 is 0 Å². The molecule has 104 valence electrons. The first-order chi connectivity index (χ1) is 8.77. The van der Waals surface area contributed by atoms with E-state index in [1.807, 2.05) is 27.7 Å². The molecule has 18 heavy (non-hydrogen) atoms. The molecule has 0 saturated carbocycles. The van der Waals surface area contributed by atoms with Gasteiger partial charge in [-0.15, -0.1) is 12.8 Å². The van der Waals surface area contributed by atoms with Crippen LogP contribution < -0.4 is 0 Å². The van der Waals surface area contributed by atoms with Gasteiger partial charge in [-0.3, -0.25) is 0 Å². The zero-order chi connectivity index (χ0) is 15.0. The summed E-state index contributed by atoms with van der Waals surface area (Å²) in [4.78, 5) is 0. The summed E-state index contributed by atoms with van der Waals surface area (Å²) in [6.45, 7) is 14.6. The van der Waals surface area contributed by atoms with Gasteiger partial charge in [-0.1, -0.05) is 71.7 Å². The minimum atomic E-state index is 1.16. The van der Waals surface area contributed by atoms with Crippen molar-refractivity contribution >= 4 is 0 Å². The Labute approximate surface area is 116 Å². The highest BCUT2D eigenvalue weighted by molar-refractivity contribution is 5.31. The Bertz CT molecular complexity index is 281. The van der Waals surface area contributed by atoms with E-state index in [1.54, 1.807) is 0 Å². The molecule has 0 amide bonds. The maximum Gasteiger partial charge on any atom is -0.0279 e. The number of rotatable bonds is 3. The highest BCUT2D eigenvalue weighted by Gasteiger charge is 1.98. The molecule has 0 fully saturated rings. The van der Waals surface area contributed by atoms with Crippen molar-refractivity contribution in [3.8, 4) is 12.8 Å². The summed E-state index contributed by atoms with van der Waals surface area (Å²) >= 11 is 0. The van der Waals surface area contributed by atoms with Gasteiger partial charge in [0, 0.05) is 0 Å². The molecular weight excluding hydrogens is 216 g/mol. The maximum atomic E-state index is 4.00. The van der Waals surface area contributed by atoms with E-state index < -0.39 is 0 Å². The Morgan fingerprint density at radius 2 is 1.39 bits per heavy atom. The number of hydrogen-bond acceptors (Lipinski definition) is 0. The number of hydrogen-bond donors (Lipinski definition) is 0. The van der Waals surface area contributed by atoms with Crippen LogP contribution in [0.5, 0.6) is 0 Å². The van der Waals surface area contributed by atoms with Crippen LogP contribution in [-0.2, 0) is 12.8 Å². The third-order valence-corrected chi connectivity index (χ3v) is 2.26. The molecule has 0 aliphatic heterocycles. The van der Waals surface area contributed by atoms with E-state index in [9.17, 15) is 0 Å². The molecule has 0 nitrogen and oxygen atoms in total. The molecule has 0 aliphatic carbocycles. The van der Waals surface area contributed by atoms with Crippen molar-refractivity contribution in [2.45, 2.75) is 67.7 Å². The van der Waals surface area contributed by atoms with Crippen LogP contribution in [0.25, 0.3) is 0 Å².